The van der Waals surface area contributed by atoms with Crippen LogP contribution in [0.3, 0.4) is 0 Å². The van der Waals surface area contributed by atoms with E-state index in [1.54, 1.807) is 20.8 Å². The average molecular weight is 621 g/mol. The van der Waals surface area contributed by atoms with Crippen LogP contribution in [-0.2, 0) is 43.3 Å². The van der Waals surface area contributed by atoms with Gasteiger partial charge in [0, 0.05) is 6.07 Å². The molecule has 1 fully saturated rings. The van der Waals surface area contributed by atoms with Gasteiger partial charge in [-0.2, -0.15) is 17.7 Å². The molecule has 2 N–H and O–H groups in total. The summed E-state index contributed by atoms with van der Waals surface area (Å²) < 4.78 is 96.3. The molecule has 1 aliphatic rings. The van der Waals surface area contributed by atoms with Gasteiger partial charge in [0.15, 0.2) is 28.6 Å². The Hall–Kier alpha value is -3.91. The number of alkyl halides is 3. The molecule has 20 heteroatoms. The van der Waals surface area contributed by atoms with Crippen LogP contribution in [0.25, 0.3) is 0 Å². The highest BCUT2D eigenvalue weighted by Crippen LogP contribution is 2.32. The number of amides is 1. The quantitative estimate of drug-likeness (QED) is 0.135. The van der Waals surface area contributed by atoms with Gasteiger partial charge in [0.25, 0.3) is 5.91 Å². The maximum Gasteiger partial charge on any atom is 0.509 e. The topological polar surface area (TPSA) is 220 Å². The molecule has 0 aromatic carbocycles. The number of primary amides is 1. The van der Waals surface area contributed by atoms with Gasteiger partial charge in [0.05, 0.1) is 19.8 Å². The fraction of sp³-hybridized carbons (Fsp3) is 0.571. The minimum Gasteiger partial charge on any atom is -0.741 e. The molecular weight excluding hydrogens is 593 g/mol. The fourth-order valence-corrected chi connectivity index (χ4v) is 2.98. The largest absolute Gasteiger partial charge is 0.741 e. The third kappa shape index (κ3) is 11.2. The Labute approximate surface area is 231 Å². The lowest BCUT2D eigenvalue weighted by Gasteiger charge is -2.21. The van der Waals surface area contributed by atoms with Crippen molar-refractivity contribution in [2.75, 3.05) is 26.4 Å². The number of nitrogens with zero attached hydrogens (tertiary/aromatic N) is 1. The van der Waals surface area contributed by atoms with Crippen LogP contribution in [0.2, 0.25) is 0 Å². The summed E-state index contributed by atoms with van der Waals surface area (Å²) in [5, 5.41) is 0. The summed E-state index contributed by atoms with van der Waals surface area (Å²) in [5.41, 5.74) is -0.158. The van der Waals surface area contributed by atoms with Crippen molar-refractivity contribution in [3.8, 4) is 0 Å². The molecule has 16 nitrogen and oxygen atoms in total. The van der Waals surface area contributed by atoms with E-state index in [-0.39, 0.29) is 25.4 Å². The van der Waals surface area contributed by atoms with Crippen LogP contribution < -0.4 is 10.3 Å². The molecule has 0 radical (unpaired) electrons. The van der Waals surface area contributed by atoms with Crippen molar-refractivity contribution in [3.05, 3.63) is 30.1 Å². The highest BCUT2D eigenvalue weighted by atomic mass is 32.2. The molecule has 0 bridgehead atoms. The van der Waals surface area contributed by atoms with Crippen molar-refractivity contribution < 1.29 is 83.0 Å². The number of hydrogen-bond donors (Lipinski definition) is 1. The predicted octanol–water partition coefficient (Wildman–Crippen LogP) is 1.28. The van der Waals surface area contributed by atoms with Gasteiger partial charge < -0.3 is 43.4 Å². The van der Waals surface area contributed by atoms with Crippen LogP contribution in [-0.4, -0.2) is 87.6 Å². The molecule has 1 aliphatic heterocycles. The highest BCUT2D eigenvalue weighted by Gasteiger charge is 2.55. The van der Waals surface area contributed by atoms with Crippen LogP contribution in [0.1, 0.15) is 37.4 Å². The number of ether oxygens (including phenoxy) is 7. The zero-order valence-corrected chi connectivity index (χ0v) is 22.5. The van der Waals surface area contributed by atoms with Crippen molar-refractivity contribution in [2.45, 2.75) is 50.8 Å². The summed E-state index contributed by atoms with van der Waals surface area (Å²) in [6, 6.07) is 3.00. The van der Waals surface area contributed by atoms with Crippen molar-refractivity contribution in [1.82, 2.24) is 0 Å². The lowest BCUT2D eigenvalue weighted by Crippen LogP contribution is -2.49. The molecular formula is C21H27F3N2O14S. The molecule has 1 aromatic rings. The predicted molar refractivity (Wildman–Crippen MR) is 122 cm³/mol. The Balaban J connectivity index is 0.000000915. The number of carbonyl (C=O) groups excluding carboxylic acids is 4. The number of rotatable bonds is 9. The van der Waals surface area contributed by atoms with E-state index in [9.17, 15) is 32.3 Å². The van der Waals surface area contributed by atoms with Crippen molar-refractivity contribution in [1.29, 1.82) is 0 Å². The maximum absolute atomic E-state index is 12.1. The van der Waals surface area contributed by atoms with E-state index in [4.69, 9.17) is 51.9 Å². The molecule has 0 spiro atoms. The Morgan fingerprint density at radius 2 is 1.44 bits per heavy atom. The zero-order chi connectivity index (χ0) is 31.4. The first kappa shape index (κ1) is 35.1. The first-order chi connectivity index (χ1) is 19.0. The van der Waals surface area contributed by atoms with Gasteiger partial charge in [-0.3, -0.25) is 4.79 Å². The molecule has 2 rings (SSSR count). The Morgan fingerprint density at radius 3 is 1.90 bits per heavy atom. The van der Waals surface area contributed by atoms with Gasteiger partial charge in [0.2, 0.25) is 6.10 Å². The van der Waals surface area contributed by atoms with E-state index in [1.165, 1.54) is 29.1 Å². The summed E-state index contributed by atoms with van der Waals surface area (Å²) in [6.45, 7) is 4.49. The summed E-state index contributed by atoms with van der Waals surface area (Å²) in [7, 11) is -6.09. The SMILES string of the molecule is CCOC(=O)OC[C@H]1O[C@@H]([n+]2cccc(C(N)=O)c2)[C@H](OC(=O)OCC)[C@@H]1OC(=O)OCC.O=S(=O)([O-])C(F)(F)F. The van der Waals surface area contributed by atoms with E-state index in [0.717, 1.165) is 0 Å². The number of hydrogen-bond acceptors (Lipinski definition) is 14. The second kappa shape index (κ2) is 15.8. The van der Waals surface area contributed by atoms with Crippen LogP contribution in [0.5, 0.6) is 0 Å². The minimum atomic E-state index is -6.09. The lowest BCUT2D eigenvalue weighted by atomic mass is 10.1. The molecule has 232 valence electrons. The van der Waals surface area contributed by atoms with Gasteiger partial charge >= 0.3 is 30.2 Å². The third-order valence-corrected chi connectivity index (χ3v) is 5.15. The molecule has 1 saturated heterocycles. The molecule has 4 atom stereocenters. The average Bonchev–Trinajstić information content (AvgIpc) is 3.19. The Kier molecular flexibility index (Phi) is 13.5. The van der Waals surface area contributed by atoms with Gasteiger partial charge in [-0.25, -0.2) is 22.8 Å². The zero-order valence-electron chi connectivity index (χ0n) is 21.7. The second-order valence-corrected chi connectivity index (χ2v) is 8.77. The van der Waals surface area contributed by atoms with E-state index >= 15 is 0 Å². The summed E-state index contributed by atoms with van der Waals surface area (Å²) in [5.74, 6) is -0.702. The van der Waals surface area contributed by atoms with Crippen molar-refractivity contribution >= 4 is 34.5 Å². The van der Waals surface area contributed by atoms with Crippen molar-refractivity contribution in [3.63, 3.8) is 0 Å². The van der Waals surface area contributed by atoms with Gasteiger partial charge in [0.1, 0.15) is 18.3 Å². The van der Waals surface area contributed by atoms with Gasteiger partial charge in [-0.15, -0.1) is 0 Å². The number of halogens is 3. The van der Waals surface area contributed by atoms with E-state index < -0.39 is 71.1 Å². The molecule has 41 heavy (non-hydrogen) atoms. The van der Waals surface area contributed by atoms with Crippen LogP contribution in [0.15, 0.2) is 24.5 Å². The molecule has 0 aliphatic carbocycles. The smallest absolute Gasteiger partial charge is 0.509 e. The second-order valence-electron chi connectivity index (χ2n) is 7.39. The molecule has 0 unspecified atom stereocenters. The lowest BCUT2D eigenvalue weighted by molar-refractivity contribution is -0.765. The number of carbonyl (C=O) groups is 4. The third-order valence-electron chi connectivity index (χ3n) is 4.59. The first-order valence-corrected chi connectivity index (χ1v) is 12.9. The standard InChI is InChI=1S/C20H26N2O11.CHF3O3S/c1-4-27-18(24)30-11-13-14(32-19(25)28-5-2)15(33-20(26)29-6-3)17(31-13)22-9-7-8-12(10-22)16(21)23;2-1(3,4)8(5,6)7/h7-10,13-15,17H,4-6,11H2,1-3H3,(H-,21,23);(H,5,6,7)/t13-,14-,15-,17-;/m1./s1. The minimum absolute atomic E-state index is 0.0264. The first-order valence-electron chi connectivity index (χ1n) is 11.5. The summed E-state index contributed by atoms with van der Waals surface area (Å²) >= 11 is 0. The molecule has 1 amide bonds. The molecule has 2 heterocycles. The van der Waals surface area contributed by atoms with E-state index in [0.29, 0.717) is 0 Å². The van der Waals surface area contributed by atoms with Crippen LogP contribution in [0.4, 0.5) is 27.6 Å². The highest BCUT2D eigenvalue weighted by molar-refractivity contribution is 7.86. The van der Waals surface area contributed by atoms with Crippen LogP contribution in [0, 0.1) is 0 Å². The number of aromatic nitrogens is 1. The van der Waals surface area contributed by atoms with Crippen molar-refractivity contribution in [2.24, 2.45) is 5.73 Å². The monoisotopic (exact) mass is 620 g/mol. The fourth-order valence-electron chi connectivity index (χ4n) is 2.98. The van der Waals surface area contributed by atoms with E-state index in [2.05, 4.69) is 0 Å². The molecule has 0 saturated carbocycles. The number of pyridine rings is 1. The summed E-state index contributed by atoms with van der Waals surface area (Å²) in [6.07, 6.45) is -4.91. The number of nitrogens with two attached hydrogens (primary N) is 1. The maximum atomic E-state index is 12.1. The Bertz CT molecular complexity index is 1160. The molecule has 1 aromatic heterocycles. The summed E-state index contributed by atoms with van der Waals surface area (Å²) in [4.78, 5) is 47.4. The van der Waals surface area contributed by atoms with Crippen LogP contribution >= 0.6 is 0 Å². The van der Waals surface area contributed by atoms with Gasteiger partial charge in [-0.05, 0) is 26.8 Å². The van der Waals surface area contributed by atoms with E-state index in [1.807, 2.05) is 0 Å². The Morgan fingerprint density at radius 1 is 0.951 bits per heavy atom. The normalized spacial score (nSPS) is 20.1. The van der Waals surface area contributed by atoms with Gasteiger partial charge in [-0.1, -0.05) is 0 Å².